The van der Waals surface area contributed by atoms with Gasteiger partial charge < -0.3 is 10.3 Å². The summed E-state index contributed by atoms with van der Waals surface area (Å²) in [6, 6.07) is -0.0928. The molecule has 1 aliphatic heterocycles. The summed E-state index contributed by atoms with van der Waals surface area (Å²) in [7, 11) is 0. The minimum atomic E-state index is -0.0928. The monoisotopic (exact) mass is 255 g/mol. The van der Waals surface area contributed by atoms with E-state index in [1.807, 2.05) is 11.8 Å². The zero-order chi connectivity index (χ0) is 12.1. The molecule has 1 aromatic rings. The van der Waals surface area contributed by atoms with E-state index in [2.05, 4.69) is 17.1 Å². The Labute approximate surface area is 107 Å². The highest BCUT2D eigenvalue weighted by molar-refractivity contribution is 7.99. The molecule has 17 heavy (non-hydrogen) atoms. The van der Waals surface area contributed by atoms with Crippen LogP contribution in [-0.4, -0.2) is 15.9 Å². The zero-order valence-electron chi connectivity index (χ0n) is 10.4. The fraction of sp³-hybridized carbons (Fsp3) is 0.833. The van der Waals surface area contributed by atoms with Crippen LogP contribution < -0.4 is 5.73 Å². The van der Waals surface area contributed by atoms with Crippen molar-refractivity contribution in [3.8, 4) is 0 Å². The lowest BCUT2D eigenvalue weighted by Crippen LogP contribution is -2.11. The van der Waals surface area contributed by atoms with Gasteiger partial charge in [-0.2, -0.15) is 16.7 Å². The van der Waals surface area contributed by atoms with Crippen LogP contribution >= 0.6 is 11.8 Å². The molecule has 4 nitrogen and oxygen atoms in total. The SMILES string of the molecule is CCCCC(N)c1nc(C2CCCCS2)no1. The molecule has 0 radical (unpaired) electrons. The summed E-state index contributed by atoms with van der Waals surface area (Å²) in [6.45, 7) is 2.16. The van der Waals surface area contributed by atoms with Crippen molar-refractivity contribution in [1.82, 2.24) is 10.1 Å². The molecule has 0 saturated carbocycles. The number of nitrogens with zero attached hydrogens (tertiary/aromatic N) is 2. The van der Waals surface area contributed by atoms with Crippen LogP contribution in [-0.2, 0) is 0 Å². The zero-order valence-corrected chi connectivity index (χ0v) is 11.2. The van der Waals surface area contributed by atoms with Crippen LogP contribution in [0.5, 0.6) is 0 Å². The average molecular weight is 255 g/mol. The molecule has 0 amide bonds. The van der Waals surface area contributed by atoms with Crippen molar-refractivity contribution >= 4 is 11.8 Å². The number of nitrogens with two attached hydrogens (primary N) is 1. The topological polar surface area (TPSA) is 64.9 Å². The van der Waals surface area contributed by atoms with Crippen LogP contribution in [0.1, 0.15) is 68.5 Å². The van der Waals surface area contributed by atoms with Gasteiger partial charge in [-0.25, -0.2) is 0 Å². The number of hydrogen-bond acceptors (Lipinski definition) is 5. The van der Waals surface area contributed by atoms with Crippen molar-refractivity contribution < 1.29 is 4.52 Å². The molecule has 96 valence electrons. The van der Waals surface area contributed by atoms with Gasteiger partial charge in [0.25, 0.3) is 0 Å². The molecule has 5 heteroatoms. The van der Waals surface area contributed by atoms with Gasteiger partial charge in [-0.15, -0.1) is 0 Å². The van der Waals surface area contributed by atoms with Gasteiger partial charge in [0.05, 0.1) is 11.3 Å². The highest BCUT2D eigenvalue weighted by Gasteiger charge is 2.23. The van der Waals surface area contributed by atoms with Gasteiger partial charge in [0.15, 0.2) is 5.82 Å². The Morgan fingerprint density at radius 2 is 2.41 bits per heavy atom. The first-order valence-electron chi connectivity index (χ1n) is 6.52. The van der Waals surface area contributed by atoms with Crippen LogP contribution in [0.25, 0.3) is 0 Å². The van der Waals surface area contributed by atoms with Crippen LogP contribution in [0.3, 0.4) is 0 Å². The number of unbranched alkanes of at least 4 members (excludes halogenated alkanes) is 1. The molecule has 1 saturated heterocycles. The lowest BCUT2D eigenvalue weighted by molar-refractivity contribution is 0.342. The maximum Gasteiger partial charge on any atom is 0.243 e. The molecule has 2 heterocycles. The van der Waals surface area contributed by atoms with Gasteiger partial charge in [0.1, 0.15) is 0 Å². The fourth-order valence-electron chi connectivity index (χ4n) is 2.02. The quantitative estimate of drug-likeness (QED) is 0.875. The molecule has 2 atom stereocenters. The van der Waals surface area contributed by atoms with E-state index in [0.717, 1.165) is 31.5 Å². The standard InChI is InChI=1S/C12H21N3OS/c1-2-3-6-9(13)12-14-11(15-16-12)10-7-4-5-8-17-10/h9-10H,2-8,13H2,1H3. The van der Waals surface area contributed by atoms with E-state index in [-0.39, 0.29) is 6.04 Å². The third kappa shape index (κ3) is 3.45. The Kier molecular flexibility index (Phi) is 4.86. The smallest absolute Gasteiger partial charge is 0.243 e. The molecule has 1 fully saturated rings. The van der Waals surface area contributed by atoms with Crippen LogP contribution in [0.15, 0.2) is 4.52 Å². The second-order valence-electron chi connectivity index (χ2n) is 4.59. The Balaban J connectivity index is 1.94. The Bertz CT molecular complexity index is 336. The Morgan fingerprint density at radius 1 is 1.53 bits per heavy atom. The lowest BCUT2D eigenvalue weighted by atomic mass is 10.1. The molecule has 1 aromatic heterocycles. The van der Waals surface area contributed by atoms with E-state index in [1.165, 1.54) is 18.6 Å². The van der Waals surface area contributed by atoms with E-state index < -0.39 is 0 Å². The van der Waals surface area contributed by atoms with Crippen molar-refractivity contribution in [2.75, 3.05) is 5.75 Å². The predicted molar refractivity (Wildman–Crippen MR) is 69.8 cm³/mol. The third-order valence-corrected chi connectivity index (χ3v) is 4.48. The van der Waals surface area contributed by atoms with Crippen molar-refractivity contribution in [1.29, 1.82) is 0 Å². The molecule has 1 aliphatic rings. The van der Waals surface area contributed by atoms with E-state index >= 15 is 0 Å². The summed E-state index contributed by atoms with van der Waals surface area (Å²) in [4.78, 5) is 4.46. The average Bonchev–Trinajstić information content (AvgIpc) is 2.86. The lowest BCUT2D eigenvalue weighted by Gasteiger charge is -2.17. The van der Waals surface area contributed by atoms with E-state index in [4.69, 9.17) is 10.3 Å². The highest BCUT2D eigenvalue weighted by Crippen LogP contribution is 2.36. The van der Waals surface area contributed by atoms with Crippen LogP contribution in [0, 0.1) is 0 Å². The molecule has 2 unspecified atom stereocenters. The Hall–Kier alpha value is -0.550. The largest absolute Gasteiger partial charge is 0.338 e. The van der Waals surface area contributed by atoms with Crippen molar-refractivity contribution in [2.45, 2.75) is 56.7 Å². The van der Waals surface area contributed by atoms with E-state index in [0.29, 0.717) is 11.1 Å². The van der Waals surface area contributed by atoms with Crippen molar-refractivity contribution in [2.24, 2.45) is 5.73 Å². The Morgan fingerprint density at radius 3 is 3.12 bits per heavy atom. The van der Waals surface area contributed by atoms with Crippen LogP contribution in [0.4, 0.5) is 0 Å². The number of thioether (sulfide) groups is 1. The summed E-state index contributed by atoms with van der Waals surface area (Å²) < 4.78 is 5.28. The summed E-state index contributed by atoms with van der Waals surface area (Å²) in [5, 5.41) is 4.50. The van der Waals surface area contributed by atoms with E-state index in [9.17, 15) is 0 Å². The first-order valence-corrected chi connectivity index (χ1v) is 7.56. The van der Waals surface area contributed by atoms with Gasteiger partial charge in [-0.3, -0.25) is 0 Å². The second kappa shape index (κ2) is 6.40. The van der Waals surface area contributed by atoms with Crippen LogP contribution in [0.2, 0.25) is 0 Å². The maximum atomic E-state index is 6.02. The molecule has 0 aliphatic carbocycles. The normalized spacial score (nSPS) is 22.6. The molecule has 0 bridgehead atoms. The molecule has 0 aromatic carbocycles. The molecule has 2 N–H and O–H groups in total. The minimum absolute atomic E-state index is 0.0928. The second-order valence-corrected chi connectivity index (χ2v) is 5.91. The van der Waals surface area contributed by atoms with Gasteiger partial charge in [0.2, 0.25) is 5.89 Å². The van der Waals surface area contributed by atoms with Gasteiger partial charge in [0, 0.05) is 0 Å². The number of rotatable bonds is 5. The summed E-state index contributed by atoms with van der Waals surface area (Å²) in [6.07, 6.45) is 6.92. The molecule has 2 rings (SSSR count). The van der Waals surface area contributed by atoms with Gasteiger partial charge in [-0.1, -0.05) is 31.3 Å². The molecular weight excluding hydrogens is 234 g/mol. The summed E-state index contributed by atoms with van der Waals surface area (Å²) >= 11 is 1.93. The third-order valence-electron chi connectivity index (χ3n) is 3.11. The van der Waals surface area contributed by atoms with E-state index in [1.54, 1.807) is 0 Å². The molecule has 0 spiro atoms. The van der Waals surface area contributed by atoms with Crippen molar-refractivity contribution in [3.05, 3.63) is 11.7 Å². The molecular formula is C12H21N3OS. The highest BCUT2D eigenvalue weighted by atomic mass is 32.2. The summed E-state index contributed by atoms with van der Waals surface area (Å²) in [5.74, 6) is 2.66. The maximum absolute atomic E-state index is 6.02. The minimum Gasteiger partial charge on any atom is -0.338 e. The first kappa shape index (κ1) is 12.9. The van der Waals surface area contributed by atoms with Gasteiger partial charge in [-0.05, 0) is 25.0 Å². The summed E-state index contributed by atoms with van der Waals surface area (Å²) in [5.41, 5.74) is 6.02. The van der Waals surface area contributed by atoms with Gasteiger partial charge >= 0.3 is 0 Å². The van der Waals surface area contributed by atoms with Crippen molar-refractivity contribution in [3.63, 3.8) is 0 Å². The number of aromatic nitrogens is 2. The predicted octanol–water partition coefficient (Wildman–Crippen LogP) is 3.22. The number of hydrogen-bond donors (Lipinski definition) is 1. The fourth-order valence-corrected chi connectivity index (χ4v) is 3.25. The first-order chi connectivity index (χ1) is 8.31.